The van der Waals surface area contributed by atoms with Crippen LogP contribution in [0.2, 0.25) is 0 Å². The van der Waals surface area contributed by atoms with E-state index in [2.05, 4.69) is 9.62 Å². The lowest BCUT2D eigenvalue weighted by molar-refractivity contribution is 0.0376. The Bertz CT molecular complexity index is 382. The topological polar surface area (TPSA) is 61.9 Å². The molecule has 0 saturated carbocycles. The standard InChI is InChI=1S/C13H27N3O3S/c1-13-5-2-3-8-16(13)20(17,18)14-6-4-7-15-9-11-19-12-10-15/h13-14H,2-12H2,1H3/t13-/m0/s1. The van der Waals surface area contributed by atoms with E-state index in [0.29, 0.717) is 13.1 Å². The minimum Gasteiger partial charge on any atom is -0.379 e. The third-order valence-electron chi connectivity index (χ3n) is 4.09. The first-order valence-corrected chi connectivity index (χ1v) is 9.10. The number of piperidine rings is 1. The van der Waals surface area contributed by atoms with E-state index < -0.39 is 10.2 Å². The van der Waals surface area contributed by atoms with Crippen molar-refractivity contribution in [3.63, 3.8) is 0 Å². The summed E-state index contributed by atoms with van der Waals surface area (Å²) < 4.78 is 34.1. The van der Waals surface area contributed by atoms with Crippen LogP contribution in [0.1, 0.15) is 32.6 Å². The predicted octanol–water partition coefficient (Wildman–Crippen LogP) is 0.418. The summed E-state index contributed by atoms with van der Waals surface area (Å²) in [5.74, 6) is 0. The monoisotopic (exact) mass is 305 g/mol. The number of ether oxygens (including phenoxy) is 1. The summed E-state index contributed by atoms with van der Waals surface area (Å²) in [7, 11) is -3.30. The second-order valence-electron chi connectivity index (χ2n) is 5.66. The molecule has 2 saturated heterocycles. The number of nitrogens with zero attached hydrogens (tertiary/aromatic N) is 2. The highest BCUT2D eigenvalue weighted by molar-refractivity contribution is 7.87. The first kappa shape index (κ1) is 16.2. The molecule has 2 aliphatic heterocycles. The molecule has 0 bridgehead atoms. The Balaban J connectivity index is 1.69. The van der Waals surface area contributed by atoms with Gasteiger partial charge in [-0.3, -0.25) is 4.90 Å². The zero-order valence-electron chi connectivity index (χ0n) is 12.4. The Kier molecular flexibility index (Phi) is 6.22. The molecule has 1 atom stereocenters. The molecule has 2 rings (SSSR count). The maximum Gasteiger partial charge on any atom is 0.279 e. The van der Waals surface area contributed by atoms with Crippen molar-refractivity contribution in [2.45, 2.75) is 38.6 Å². The fourth-order valence-electron chi connectivity index (χ4n) is 2.84. The molecular weight excluding hydrogens is 278 g/mol. The zero-order chi connectivity index (χ0) is 14.4. The minimum absolute atomic E-state index is 0.125. The second-order valence-corrected chi connectivity index (χ2v) is 7.37. The molecule has 7 heteroatoms. The molecule has 0 radical (unpaired) electrons. The van der Waals surface area contributed by atoms with Gasteiger partial charge < -0.3 is 4.74 Å². The summed E-state index contributed by atoms with van der Waals surface area (Å²) in [6.45, 7) is 7.58. The summed E-state index contributed by atoms with van der Waals surface area (Å²) in [5.41, 5.74) is 0. The summed E-state index contributed by atoms with van der Waals surface area (Å²) in [6, 6.07) is 0.125. The number of hydrogen-bond donors (Lipinski definition) is 1. The van der Waals surface area contributed by atoms with Gasteiger partial charge >= 0.3 is 0 Å². The van der Waals surface area contributed by atoms with Crippen molar-refractivity contribution in [3.8, 4) is 0 Å². The Morgan fingerprint density at radius 3 is 2.65 bits per heavy atom. The molecule has 0 unspecified atom stereocenters. The Morgan fingerprint density at radius 1 is 1.20 bits per heavy atom. The number of rotatable bonds is 6. The van der Waals surface area contributed by atoms with E-state index in [9.17, 15) is 8.42 Å². The lowest BCUT2D eigenvalue weighted by Crippen LogP contribution is -2.48. The van der Waals surface area contributed by atoms with Gasteiger partial charge in [-0.05, 0) is 32.7 Å². The van der Waals surface area contributed by atoms with Gasteiger partial charge in [-0.2, -0.15) is 12.7 Å². The van der Waals surface area contributed by atoms with Crippen LogP contribution in [0.4, 0.5) is 0 Å². The van der Waals surface area contributed by atoms with E-state index >= 15 is 0 Å². The van der Waals surface area contributed by atoms with Gasteiger partial charge in [0, 0.05) is 32.2 Å². The predicted molar refractivity (Wildman–Crippen MR) is 78.8 cm³/mol. The van der Waals surface area contributed by atoms with Gasteiger partial charge in [-0.15, -0.1) is 0 Å². The van der Waals surface area contributed by atoms with Crippen molar-refractivity contribution in [1.29, 1.82) is 0 Å². The first-order chi connectivity index (χ1) is 9.59. The Hall–Kier alpha value is -0.210. The summed E-state index contributed by atoms with van der Waals surface area (Å²) in [6.07, 6.45) is 3.92. The molecule has 118 valence electrons. The average molecular weight is 305 g/mol. The van der Waals surface area contributed by atoms with Crippen LogP contribution >= 0.6 is 0 Å². The zero-order valence-corrected chi connectivity index (χ0v) is 13.2. The van der Waals surface area contributed by atoms with Crippen molar-refractivity contribution in [2.75, 3.05) is 45.9 Å². The number of hydrogen-bond acceptors (Lipinski definition) is 4. The van der Waals surface area contributed by atoms with E-state index in [1.165, 1.54) is 0 Å². The SMILES string of the molecule is C[C@H]1CCCCN1S(=O)(=O)NCCCN1CCOCC1. The molecule has 0 amide bonds. The smallest absolute Gasteiger partial charge is 0.279 e. The van der Waals surface area contributed by atoms with Crippen LogP contribution in [0.15, 0.2) is 0 Å². The van der Waals surface area contributed by atoms with E-state index in [-0.39, 0.29) is 6.04 Å². The molecule has 0 spiro atoms. The van der Waals surface area contributed by atoms with E-state index in [0.717, 1.165) is 58.5 Å². The lowest BCUT2D eigenvalue weighted by Gasteiger charge is -2.32. The average Bonchev–Trinajstić information content (AvgIpc) is 2.45. The molecule has 2 fully saturated rings. The van der Waals surface area contributed by atoms with Crippen LogP contribution < -0.4 is 4.72 Å². The van der Waals surface area contributed by atoms with Crippen molar-refractivity contribution >= 4 is 10.2 Å². The van der Waals surface area contributed by atoms with Crippen molar-refractivity contribution < 1.29 is 13.2 Å². The quantitative estimate of drug-likeness (QED) is 0.722. The van der Waals surface area contributed by atoms with Crippen molar-refractivity contribution in [2.24, 2.45) is 0 Å². The van der Waals surface area contributed by atoms with E-state index in [1.54, 1.807) is 4.31 Å². The van der Waals surface area contributed by atoms with Crippen LogP contribution in [0.25, 0.3) is 0 Å². The molecule has 0 aromatic rings. The normalized spacial score (nSPS) is 26.8. The molecular formula is C13H27N3O3S. The minimum atomic E-state index is -3.30. The van der Waals surface area contributed by atoms with E-state index in [4.69, 9.17) is 4.74 Å². The highest BCUT2D eigenvalue weighted by Crippen LogP contribution is 2.18. The molecule has 20 heavy (non-hydrogen) atoms. The van der Waals surface area contributed by atoms with Crippen LogP contribution in [0.3, 0.4) is 0 Å². The molecule has 0 aromatic carbocycles. The van der Waals surface area contributed by atoms with Gasteiger partial charge in [0.1, 0.15) is 0 Å². The van der Waals surface area contributed by atoms with Gasteiger partial charge in [0.05, 0.1) is 13.2 Å². The molecule has 0 aromatic heterocycles. The largest absolute Gasteiger partial charge is 0.379 e. The highest BCUT2D eigenvalue weighted by atomic mass is 32.2. The fraction of sp³-hybridized carbons (Fsp3) is 1.00. The van der Waals surface area contributed by atoms with Gasteiger partial charge in [-0.1, -0.05) is 6.42 Å². The highest BCUT2D eigenvalue weighted by Gasteiger charge is 2.28. The Labute approximate surface area is 122 Å². The summed E-state index contributed by atoms with van der Waals surface area (Å²) in [5, 5.41) is 0. The first-order valence-electron chi connectivity index (χ1n) is 7.66. The van der Waals surface area contributed by atoms with Crippen LogP contribution in [0, 0.1) is 0 Å². The Morgan fingerprint density at radius 2 is 1.95 bits per heavy atom. The molecule has 6 nitrogen and oxygen atoms in total. The number of morpholine rings is 1. The van der Waals surface area contributed by atoms with E-state index in [1.807, 2.05) is 6.92 Å². The molecule has 0 aliphatic carbocycles. The second kappa shape index (κ2) is 7.70. The maximum atomic E-state index is 12.2. The van der Waals surface area contributed by atoms with Gasteiger partial charge in [-0.25, -0.2) is 4.72 Å². The van der Waals surface area contributed by atoms with Gasteiger partial charge in [0.25, 0.3) is 10.2 Å². The summed E-state index contributed by atoms with van der Waals surface area (Å²) >= 11 is 0. The third kappa shape index (κ3) is 4.66. The van der Waals surface area contributed by atoms with Crippen molar-refractivity contribution in [3.05, 3.63) is 0 Å². The molecule has 2 aliphatic rings. The van der Waals surface area contributed by atoms with Crippen LogP contribution in [-0.4, -0.2) is 69.6 Å². The maximum absolute atomic E-state index is 12.2. The number of nitrogens with one attached hydrogen (secondary N) is 1. The molecule has 1 N–H and O–H groups in total. The third-order valence-corrected chi connectivity index (χ3v) is 5.82. The van der Waals surface area contributed by atoms with Crippen LogP contribution in [-0.2, 0) is 14.9 Å². The molecule has 2 heterocycles. The lowest BCUT2D eigenvalue weighted by atomic mass is 10.1. The van der Waals surface area contributed by atoms with Crippen LogP contribution in [0.5, 0.6) is 0 Å². The fourth-order valence-corrected chi connectivity index (χ4v) is 4.36. The van der Waals surface area contributed by atoms with Gasteiger partial charge in [0.2, 0.25) is 0 Å². The van der Waals surface area contributed by atoms with Gasteiger partial charge in [0.15, 0.2) is 0 Å². The van der Waals surface area contributed by atoms with Crippen molar-refractivity contribution in [1.82, 2.24) is 13.9 Å². The summed E-state index contributed by atoms with van der Waals surface area (Å²) in [4.78, 5) is 2.32.